The summed E-state index contributed by atoms with van der Waals surface area (Å²) in [6.45, 7) is 3.98. The molecular weight excluding hydrogens is 192 g/mol. The summed E-state index contributed by atoms with van der Waals surface area (Å²) >= 11 is 0. The van der Waals surface area contributed by atoms with E-state index in [1.54, 1.807) is 24.1 Å². The van der Waals surface area contributed by atoms with E-state index in [0.29, 0.717) is 5.69 Å². The fourth-order valence-electron chi connectivity index (χ4n) is 1.22. The molecule has 84 valence electrons. The first kappa shape index (κ1) is 11.7. The predicted octanol–water partition coefficient (Wildman–Crippen LogP) is 0.732. The van der Waals surface area contributed by atoms with Crippen LogP contribution in [-0.2, 0) is 11.8 Å². The van der Waals surface area contributed by atoms with Crippen molar-refractivity contribution in [3.8, 4) is 0 Å². The molecule has 0 fully saturated rings. The zero-order valence-corrected chi connectivity index (χ0v) is 9.40. The Labute approximate surface area is 89.6 Å². The van der Waals surface area contributed by atoms with Crippen LogP contribution in [0.1, 0.15) is 20.3 Å². The van der Waals surface area contributed by atoms with Gasteiger partial charge in [-0.1, -0.05) is 20.3 Å². The number of hydrogen-bond acceptors (Lipinski definition) is 3. The lowest BCUT2D eigenvalue weighted by Gasteiger charge is -2.16. The first-order chi connectivity index (χ1) is 7.04. The van der Waals surface area contributed by atoms with Crippen molar-refractivity contribution in [1.82, 2.24) is 9.78 Å². The highest BCUT2D eigenvalue weighted by Gasteiger charge is 2.19. The van der Waals surface area contributed by atoms with Gasteiger partial charge < -0.3 is 11.1 Å². The molecule has 0 radical (unpaired) electrons. The van der Waals surface area contributed by atoms with Crippen LogP contribution in [0.3, 0.4) is 0 Å². The smallest absolute Gasteiger partial charge is 0.241 e. The number of rotatable bonds is 4. The molecule has 3 N–H and O–H groups in total. The zero-order chi connectivity index (χ0) is 11.4. The van der Waals surface area contributed by atoms with Gasteiger partial charge in [-0.2, -0.15) is 5.10 Å². The molecule has 15 heavy (non-hydrogen) atoms. The van der Waals surface area contributed by atoms with Crippen LogP contribution in [-0.4, -0.2) is 21.7 Å². The van der Waals surface area contributed by atoms with E-state index in [2.05, 4.69) is 10.4 Å². The van der Waals surface area contributed by atoms with Crippen LogP contribution in [0.2, 0.25) is 0 Å². The molecule has 0 aliphatic carbocycles. The molecule has 1 amide bonds. The van der Waals surface area contributed by atoms with Crippen LogP contribution in [0.15, 0.2) is 12.4 Å². The molecule has 5 nitrogen and oxygen atoms in total. The molecule has 1 aromatic heterocycles. The Kier molecular flexibility index (Phi) is 3.85. The molecule has 1 heterocycles. The zero-order valence-electron chi connectivity index (χ0n) is 9.40. The minimum Gasteiger partial charge on any atom is -0.322 e. The van der Waals surface area contributed by atoms with Crippen LogP contribution >= 0.6 is 0 Å². The van der Waals surface area contributed by atoms with Crippen LogP contribution in [0.5, 0.6) is 0 Å². The Bertz CT molecular complexity index is 334. The van der Waals surface area contributed by atoms with Gasteiger partial charge >= 0.3 is 0 Å². The van der Waals surface area contributed by atoms with E-state index in [1.807, 2.05) is 13.8 Å². The third-order valence-electron chi connectivity index (χ3n) is 2.53. The maximum absolute atomic E-state index is 11.6. The van der Waals surface area contributed by atoms with Crippen LogP contribution in [0.4, 0.5) is 5.69 Å². The number of amides is 1. The van der Waals surface area contributed by atoms with E-state index in [0.717, 1.165) is 6.42 Å². The first-order valence-electron chi connectivity index (χ1n) is 5.09. The highest BCUT2D eigenvalue weighted by molar-refractivity contribution is 5.94. The van der Waals surface area contributed by atoms with E-state index in [4.69, 9.17) is 5.73 Å². The molecule has 2 atom stereocenters. The molecule has 5 heteroatoms. The Hall–Kier alpha value is -1.36. The van der Waals surface area contributed by atoms with E-state index in [1.165, 1.54) is 0 Å². The lowest BCUT2D eigenvalue weighted by atomic mass is 9.99. The van der Waals surface area contributed by atoms with Gasteiger partial charge in [0.1, 0.15) is 0 Å². The predicted molar refractivity (Wildman–Crippen MR) is 59.3 cm³/mol. The van der Waals surface area contributed by atoms with Gasteiger partial charge in [0.15, 0.2) is 0 Å². The summed E-state index contributed by atoms with van der Waals surface area (Å²) in [5.41, 5.74) is 6.47. The van der Waals surface area contributed by atoms with Crippen molar-refractivity contribution in [3.63, 3.8) is 0 Å². The minimum atomic E-state index is -0.463. The molecule has 2 unspecified atom stereocenters. The Balaban J connectivity index is 2.55. The number of carbonyl (C=O) groups excluding carboxylic acids is 1. The van der Waals surface area contributed by atoms with Crippen molar-refractivity contribution in [2.24, 2.45) is 18.7 Å². The maximum Gasteiger partial charge on any atom is 0.241 e. The van der Waals surface area contributed by atoms with Crippen molar-refractivity contribution >= 4 is 11.6 Å². The van der Waals surface area contributed by atoms with Gasteiger partial charge in [0.05, 0.1) is 17.9 Å². The van der Waals surface area contributed by atoms with E-state index in [9.17, 15) is 4.79 Å². The normalized spacial score (nSPS) is 14.7. The molecule has 1 aromatic rings. The molecule has 0 saturated carbocycles. The van der Waals surface area contributed by atoms with Crippen LogP contribution in [0.25, 0.3) is 0 Å². The molecular formula is C10H18N4O. The minimum absolute atomic E-state index is 0.155. The summed E-state index contributed by atoms with van der Waals surface area (Å²) in [5, 5.41) is 6.69. The van der Waals surface area contributed by atoms with Crippen molar-refractivity contribution in [2.75, 3.05) is 5.32 Å². The lowest BCUT2D eigenvalue weighted by molar-refractivity contribution is -0.118. The van der Waals surface area contributed by atoms with Crippen molar-refractivity contribution < 1.29 is 4.79 Å². The van der Waals surface area contributed by atoms with Crippen molar-refractivity contribution in [1.29, 1.82) is 0 Å². The first-order valence-corrected chi connectivity index (χ1v) is 5.09. The summed E-state index contributed by atoms with van der Waals surface area (Å²) in [4.78, 5) is 11.6. The monoisotopic (exact) mass is 210 g/mol. The van der Waals surface area contributed by atoms with Crippen LogP contribution in [0, 0.1) is 5.92 Å². The standard InChI is InChI=1S/C10H18N4O/c1-4-7(2)9(11)10(15)13-8-5-12-14(3)6-8/h5-7,9H,4,11H2,1-3H3,(H,13,15). The summed E-state index contributed by atoms with van der Waals surface area (Å²) < 4.78 is 1.63. The Morgan fingerprint density at radius 2 is 2.40 bits per heavy atom. The average Bonchev–Trinajstić information content (AvgIpc) is 2.61. The van der Waals surface area contributed by atoms with E-state index < -0.39 is 6.04 Å². The molecule has 0 aliphatic heterocycles. The third-order valence-corrected chi connectivity index (χ3v) is 2.53. The van der Waals surface area contributed by atoms with Gasteiger partial charge in [0, 0.05) is 13.2 Å². The highest BCUT2D eigenvalue weighted by Crippen LogP contribution is 2.09. The van der Waals surface area contributed by atoms with Crippen LogP contribution < -0.4 is 11.1 Å². The SMILES string of the molecule is CCC(C)C(N)C(=O)Nc1cnn(C)c1. The number of aromatic nitrogens is 2. The van der Waals surface area contributed by atoms with Crippen molar-refractivity contribution in [2.45, 2.75) is 26.3 Å². The molecule has 0 saturated heterocycles. The van der Waals surface area contributed by atoms with E-state index in [-0.39, 0.29) is 11.8 Å². The molecule has 0 bridgehead atoms. The second kappa shape index (κ2) is 4.93. The summed E-state index contributed by atoms with van der Waals surface area (Å²) in [6, 6.07) is -0.463. The second-order valence-electron chi connectivity index (χ2n) is 3.80. The molecule has 0 aromatic carbocycles. The summed E-state index contributed by atoms with van der Waals surface area (Å²) in [5.74, 6) is 0.0269. The summed E-state index contributed by atoms with van der Waals surface area (Å²) in [7, 11) is 1.80. The lowest BCUT2D eigenvalue weighted by Crippen LogP contribution is -2.40. The fourth-order valence-corrected chi connectivity index (χ4v) is 1.22. The number of anilines is 1. The van der Waals surface area contributed by atoms with E-state index >= 15 is 0 Å². The van der Waals surface area contributed by atoms with Crippen molar-refractivity contribution in [3.05, 3.63) is 12.4 Å². The van der Waals surface area contributed by atoms with Gasteiger partial charge in [-0.05, 0) is 5.92 Å². The Morgan fingerprint density at radius 1 is 1.73 bits per heavy atom. The summed E-state index contributed by atoms with van der Waals surface area (Å²) in [6.07, 6.45) is 4.23. The topological polar surface area (TPSA) is 72.9 Å². The fraction of sp³-hybridized carbons (Fsp3) is 0.600. The highest BCUT2D eigenvalue weighted by atomic mass is 16.2. The van der Waals surface area contributed by atoms with Gasteiger partial charge in [-0.25, -0.2) is 0 Å². The number of hydrogen-bond donors (Lipinski definition) is 2. The van der Waals surface area contributed by atoms with Gasteiger partial charge in [-0.15, -0.1) is 0 Å². The van der Waals surface area contributed by atoms with Gasteiger partial charge in [-0.3, -0.25) is 9.48 Å². The number of nitrogens with zero attached hydrogens (tertiary/aromatic N) is 2. The maximum atomic E-state index is 11.6. The second-order valence-corrected chi connectivity index (χ2v) is 3.80. The van der Waals surface area contributed by atoms with Gasteiger partial charge in [0.25, 0.3) is 0 Å². The number of aryl methyl sites for hydroxylation is 1. The third kappa shape index (κ3) is 3.06. The van der Waals surface area contributed by atoms with Gasteiger partial charge in [0.2, 0.25) is 5.91 Å². The average molecular weight is 210 g/mol. The largest absolute Gasteiger partial charge is 0.322 e. The number of nitrogens with one attached hydrogen (secondary N) is 1. The number of carbonyl (C=O) groups is 1. The molecule has 0 aliphatic rings. The molecule has 0 spiro atoms. The Morgan fingerprint density at radius 3 is 2.87 bits per heavy atom. The number of nitrogens with two attached hydrogens (primary N) is 1. The molecule has 1 rings (SSSR count). The quantitative estimate of drug-likeness (QED) is 0.769.